The molecule has 8 heteroatoms. The summed E-state index contributed by atoms with van der Waals surface area (Å²) in [5, 5.41) is 8.20. The maximum absolute atomic E-state index is 14.0. The molecule has 110 valence electrons. The summed E-state index contributed by atoms with van der Waals surface area (Å²) >= 11 is 0. The number of hydrogen-bond donors (Lipinski definition) is 2. The van der Waals surface area contributed by atoms with Crippen LogP contribution in [0, 0.1) is 5.82 Å². The van der Waals surface area contributed by atoms with Crippen LogP contribution < -0.4 is 5.73 Å². The molecule has 1 aliphatic rings. The van der Waals surface area contributed by atoms with Crippen LogP contribution in [-0.4, -0.2) is 44.5 Å². The number of hydrogen-bond acceptors (Lipinski definition) is 5. The van der Waals surface area contributed by atoms with Crippen LogP contribution in [0.15, 0.2) is 23.1 Å². The highest BCUT2D eigenvalue weighted by atomic mass is 32.2. The molecular weight excluding hydrogens is 289 g/mol. The van der Waals surface area contributed by atoms with Crippen molar-refractivity contribution in [3.63, 3.8) is 0 Å². The third-order valence-corrected chi connectivity index (χ3v) is 5.34. The first-order valence-electron chi connectivity index (χ1n) is 5.92. The highest BCUT2D eigenvalue weighted by Gasteiger charge is 2.36. The van der Waals surface area contributed by atoms with Gasteiger partial charge in [-0.05, 0) is 17.7 Å². The molecule has 6 nitrogen and oxygen atoms in total. The molecule has 0 aromatic heterocycles. The van der Waals surface area contributed by atoms with Crippen LogP contribution in [0.3, 0.4) is 0 Å². The number of nitrogens with two attached hydrogens (primary N) is 1. The number of carboxylic acids is 1. The first-order valence-corrected chi connectivity index (χ1v) is 7.46. The quantitative estimate of drug-likeness (QED) is 0.800. The van der Waals surface area contributed by atoms with Crippen LogP contribution in [0.1, 0.15) is 11.5 Å². The molecule has 0 amide bonds. The molecule has 0 radical (unpaired) electrons. The normalized spacial score (nSPS) is 17.5. The van der Waals surface area contributed by atoms with Crippen molar-refractivity contribution >= 4 is 15.8 Å². The summed E-state index contributed by atoms with van der Waals surface area (Å²) in [4.78, 5) is 10.5. The lowest BCUT2D eigenvalue weighted by Gasteiger charge is -2.26. The van der Waals surface area contributed by atoms with E-state index in [1.165, 1.54) is 6.07 Å². The van der Waals surface area contributed by atoms with Crippen molar-refractivity contribution in [3.8, 4) is 0 Å². The number of sulfone groups is 1. The molecule has 1 heterocycles. The lowest BCUT2D eigenvalue weighted by molar-refractivity contribution is -0.138. The standard InChI is InChI=1S/C12H14FNO5S/c13-10-3-7(9(4-14)12(15)16)1-2-11(10)20(17,18)8-5-19-6-8/h1-3,8-9H,4-6,14H2,(H,15,16). The molecule has 0 bridgehead atoms. The molecule has 0 saturated carbocycles. The van der Waals surface area contributed by atoms with E-state index in [0.717, 1.165) is 12.1 Å². The Kier molecular flexibility index (Phi) is 4.07. The van der Waals surface area contributed by atoms with Gasteiger partial charge in [0.2, 0.25) is 0 Å². The lowest BCUT2D eigenvalue weighted by Crippen LogP contribution is -2.41. The van der Waals surface area contributed by atoms with E-state index in [-0.39, 0.29) is 25.3 Å². The van der Waals surface area contributed by atoms with E-state index in [1.54, 1.807) is 0 Å². The largest absolute Gasteiger partial charge is 0.481 e. The predicted molar refractivity (Wildman–Crippen MR) is 67.6 cm³/mol. The van der Waals surface area contributed by atoms with Crippen molar-refractivity contribution in [1.82, 2.24) is 0 Å². The highest BCUT2D eigenvalue weighted by Crippen LogP contribution is 2.26. The van der Waals surface area contributed by atoms with E-state index in [0.29, 0.717) is 0 Å². The second-order valence-corrected chi connectivity index (χ2v) is 6.72. The number of rotatable bonds is 5. The number of carbonyl (C=O) groups is 1. The highest BCUT2D eigenvalue weighted by molar-refractivity contribution is 7.92. The fourth-order valence-corrected chi connectivity index (χ4v) is 3.42. The third-order valence-electron chi connectivity index (χ3n) is 3.24. The number of aliphatic carboxylic acids is 1. The maximum atomic E-state index is 14.0. The minimum atomic E-state index is -3.78. The average Bonchev–Trinajstić information content (AvgIpc) is 2.25. The molecule has 1 aromatic carbocycles. The minimum Gasteiger partial charge on any atom is -0.481 e. The van der Waals surface area contributed by atoms with Gasteiger partial charge in [-0.1, -0.05) is 6.07 Å². The third kappa shape index (κ3) is 2.54. The van der Waals surface area contributed by atoms with Crippen molar-refractivity contribution in [2.24, 2.45) is 5.73 Å². The Hall–Kier alpha value is -1.51. The number of halogens is 1. The summed E-state index contributed by atoms with van der Waals surface area (Å²) < 4.78 is 42.9. The van der Waals surface area contributed by atoms with Gasteiger partial charge in [0.1, 0.15) is 16.0 Å². The van der Waals surface area contributed by atoms with Gasteiger partial charge >= 0.3 is 5.97 Å². The molecular formula is C12H14FNO5S. The molecule has 1 saturated heterocycles. The van der Waals surface area contributed by atoms with Gasteiger partial charge in [0.25, 0.3) is 0 Å². The Balaban J connectivity index is 2.37. The summed E-state index contributed by atoms with van der Waals surface area (Å²) in [5.74, 6) is -3.21. The molecule has 20 heavy (non-hydrogen) atoms. The minimum absolute atomic E-state index is 0.0457. The van der Waals surface area contributed by atoms with Crippen LogP contribution in [0.25, 0.3) is 0 Å². The van der Waals surface area contributed by atoms with Crippen LogP contribution in [-0.2, 0) is 19.4 Å². The van der Waals surface area contributed by atoms with Crippen molar-refractivity contribution in [2.45, 2.75) is 16.1 Å². The average molecular weight is 303 g/mol. The summed E-state index contributed by atoms with van der Waals surface area (Å²) in [6.45, 7) is -0.106. The summed E-state index contributed by atoms with van der Waals surface area (Å²) in [6.07, 6.45) is 0. The Morgan fingerprint density at radius 1 is 1.50 bits per heavy atom. The Labute approximate surface area is 115 Å². The lowest BCUT2D eigenvalue weighted by atomic mass is 9.99. The topological polar surface area (TPSA) is 107 Å². The van der Waals surface area contributed by atoms with Gasteiger partial charge in [-0.25, -0.2) is 12.8 Å². The van der Waals surface area contributed by atoms with E-state index >= 15 is 0 Å². The number of carboxylic acid groups (broad SMARTS) is 1. The molecule has 1 atom stereocenters. The van der Waals surface area contributed by atoms with Gasteiger partial charge in [-0.2, -0.15) is 0 Å². The van der Waals surface area contributed by atoms with Gasteiger partial charge in [-0.3, -0.25) is 4.79 Å². The SMILES string of the molecule is NCC(C(=O)O)c1ccc(S(=O)(=O)C2COC2)c(F)c1. The van der Waals surface area contributed by atoms with Crippen molar-refractivity contribution < 1.29 is 27.4 Å². The van der Waals surface area contributed by atoms with Gasteiger partial charge in [0.05, 0.1) is 19.1 Å². The van der Waals surface area contributed by atoms with Crippen LogP contribution in [0.2, 0.25) is 0 Å². The van der Waals surface area contributed by atoms with Gasteiger partial charge in [0.15, 0.2) is 9.84 Å². The Bertz CT molecular complexity index is 627. The maximum Gasteiger partial charge on any atom is 0.312 e. The molecule has 1 aliphatic heterocycles. The monoisotopic (exact) mass is 303 g/mol. The summed E-state index contributed by atoms with van der Waals surface area (Å²) in [5.41, 5.74) is 5.46. The predicted octanol–water partition coefficient (Wildman–Crippen LogP) is 0.125. The fraction of sp³-hybridized carbons (Fsp3) is 0.417. The first-order chi connectivity index (χ1) is 9.37. The van der Waals surface area contributed by atoms with Gasteiger partial charge in [-0.15, -0.1) is 0 Å². The molecule has 0 aliphatic carbocycles. The van der Waals surface area contributed by atoms with E-state index in [4.69, 9.17) is 15.6 Å². The zero-order valence-electron chi connectivity index (χ0n) is 10.5. The second-order valence-electron chi connectivity index (χ2n) is 4.52. The smallest absolute Gasteiger partial charge is 0.312 e. The van der Waals surface area contributed by atoms with E-state index in [9.17, 15) is 17.6 Å². The Morgan fingerprint density at radius 2 is 2.15 bits per heavy atom. The van der Waals surface area contributed by atoms with Crippen LogP contribution >= 0.6 is 0 Å². The van der Waals surface area contributed by atoms with E-state index < -0.39 is 37.7 Å². The van der Waals surface area contributed by atoms with Crippen molar-refractivity contribution in [2.75, 3.05) is 19.8 Å². The number of benzene rings is 1. The van der Waals surface area contributed by atoms with Crippen LogP contribution in [0.4, 0.5) is 4.39 Å². The van der Waals surface area contributed by atoms with Gasteiger partial charge < -0.3 is 15.6 Å². The van der Waals surface area contributed by atoms with Crippen LogP contribution in [0.5, 0.6) is 0 Å². The van der Waals surface area contributed by atoms with Crippen molar-refractivity contribution in [3.05, 3.63) is 29.6 Å². The second kappa shape index (κ2) is 5.47. The zero-order valence-corrected chi connectivity index (χ0v) is 11.3. The molecule has 0 spiro atoms. The molecule has 1 unspecified atom stereocenters. The first kappa shape index (κ1) is 14.9. The summed E-state index contributed by atoms with van der Waals surface area (Å²) in [6, 6.07) is 3.28. The molecule has 2 rings (SSSR count). The number of ether oxygens (including phenoxy) is 1. The van der Waals surface area contributed by atoms with Crippen molar-refractivity contribution in [1.29, 1.82) is 0 Å². The fourth-order valence-electron chi connectivity index (χ4n) is 1.92. The zero-order chi connectivity index (χ0) is 14.9. The summed E-state index contributed by atoms with van der Waals surface area (Å²) in [7, 11) is -3.78. The van der Waals surface area contributed by atoms with E-state index in [2.05, 4.69) is 0 Å². The van der Waals surface area contributed by atoms with Gasteiger partial charge in [0, 0.05) is 6.54 Å². The molecule has 3 N–H and O–H groups in total. The Morgan fingerprint density at radius 3 is 2.55 bits per heavy atom. The van der Waals surface area contributed by atoms with E-state index in [1.807, 2.05) is 0 Å². The molecule has 1 aromatic rings. The molecule has 1 fully saturated rings.